The molecular formula is C17H12Cl3N3O2. The molecule has 1 heterocycles. The number of ether oxygens (including phenoxy) is 1. The van der Waals surface area contributed by atoms with Crippen molar-refractivity contribution in [1.29, 1.82) is 0 Å². The van der Waals surface area contributed by atoms with Gasteiger partial charge in [-0.15, -0.1) is 0 Å². The second kappa shape index (κ2) is 7.78. The lowest BCUT2D eigenvalue weighted by atomic mass is 10.2. The Morgan fingerprint density at radius 3 is 2.76 bits per heavy atom. The van der Waals surface area contributed by atoms with Crippen molar-refractivity contribution in [2.24, 2.45) is 5.10 Å². The van der Waals surface area contributed by atoms with Crippen LogP contribution in [0.3, 0.4) is 0 Å². The van der Waals surface area contributed by atoms with E-state index in [2.05, 4.69) is 15.5 Å². The lowest BCUT2D eigenvalue weighted by molar-refractivity contribution is -0.123. The van der Waals surface area contributed by atoms with Gasteiger partial charge in [-0.25, -0.2) is 5.43 Å². The van der Waals surface area contributed by atoms with Gasteiger partial charge in [-0.05, 0) is 12.1 Å². The molecule has 0 aliphatic carbocycles. The van der Waals surface area contributed by atoms with Crippen LogP contribution in [0.2, 0.25) is 15.1 Å². The topological polar surface area (TPSA) is 66.5 Å². The first kappa shape index (κ1) is 17.6. The normalized spacial score (nSPS) is 11.2. The third-order valence-corrected chi connectivity index (χ3v) is 4.37. The Labute approximate surface area is 158 Å². The van der Waals surface area contributed by atoms with Gasteiger partial charge in [-0.3, -0.25) is 4.79 Å². The summed E-state index contributed by atoms with van der Waals surface area (Å²) >= 11 is 17.7. The van der Waals surface area contributed by atoms with E-state index in [4.69, 9.17) is 39.5 Å². The first-order valence-electron chi connectivity index (χ1n) is 7.20. The fourth-order valence-electron chi connectivity index (χ4n) is 2.17. The van der Waals surface area contributed by atoms with E-state index in [1.54, 1.807) is 6.21 Å². The third-order valence-electron chi connectivity index (χ3n) is 3.35. The maximum absolute atomic E-state index is 11.8. The van der Waals surface area contributed by atoms with Crippen LogP contribution in [-0.4, -0.2) is 23.7 Å². The van der Waals surface area contributed by atoms with E-state index >= 15 is 0 Å². The molecule has 2 aromatic carbocycles. The molecule has 0 saturated heterocycles. The standard InChI is InChI=1S/C17H12Cl3N3O2/c18-12-5-14(20)16(6-13(12)19)25-9-17(24)23-22-8-10-7-21-15-4-2-1-3-11(10)15/h1-8,21H,9H2,(H,23,24)/b22-8+. The van der Waals surface area contributed by atoms with E-state index in [1.807, 2.05) is 30.5 Å². The number of benzene rings is 2. The van der Waals surface area contributed by atoms with Gasteiger partial charge in [0.05, 0.1) is 21.3 Å². The summed E-state index contributed by atoms with van der Waals surface area (Å²) in [6, 6.07) is 10.7. The van der Waals surface area contributed by atoms with Gasteiger partial charge in [0.25, 0.3) is 5.91 Å². The number of aromatic nitrogens is 1. The number of H-pyrrole nitrogens is 1. The summed E-state index contributed by atoms with van der Waals surface area (Å²) in [5.41, 5.74) is 4.25. The summed E-state index contributed by atoms with van der Waals surface area (Å²) in [5, 5.41) is 5.81. The zero-order valence-electron chi connectivity index (χ0n) is 12.7. The third kappa shape index (κ3) is 4.25. The molecule has 128 valence electrons. The predicted molar refractivity (Wildman–Crippen MR) is 101 cm³/mol. The molecule has 5 nitrogen and oxygen atoms in total. The Bertz CT molecular complexity index is 953. The summed E-state index contributed by atoms with van der Waals surface area (Å²) in [7, 11) is 0. The smallest absolute Gasteiger partial charge is 0.277 e. The number of hydrogen-bond donors (Lipinski definition) is 2. The molecule has 25 heavy (non-hydrogen) atoms. The molecule has 3 rings (SSSR count). The number of aromatic amines is 1. The highest BCUT2D eigenvalue weighted by molar-refractivity contribution is 6.43. The maximum Gasteiger partial charge on any atom is 0.277 e. The van der Waals surface area contributed by atoms with Crippen LogP contribution >= 0.6 is 34.8 Å². The number of carbonyl (C=O) groups is 1. The number of hydrogen-bond acceptors (Lipinski definition) is 3. The van der Waals surface area contributed by atoms with Gasteiger partial charge in [0.2, 0.25) is 0 Å². The quantitative estimate of drug-likeness (QED) is 0.374. The monoisotopic (exact) mass is 395 g/mol. The number of nitrogens with zero attached hydrogens (tertiary/aromatic N) is 1. The van der Waals surface area contributed by atoms with Crippen molar-refractivity contribution in [3.63, 3.8) is 0 Å². The van der Waals surface area contributed by atoms with Crippen molar-refractivity contribution in [1.82, 2.24) is 10.4 Å². The van der Waals surface area contributed by atoms with Crippen LogP contribution < -0.4 is 10.2 Å². The van der Waals surface area contributed by atoms with Crippen LogP contribution in [0.5, 0.6) is 5.75 Å². The first-order valence-corrected chi connectivity index (χ1v) is 8.33. The molecule has 0 aliphatic rings. The van der Waals surface area contributed by atoms with E-state index in [9.17, 15) is 4.79 Å². The Hall–Kier alpha value is -2.21. The van der Waals surface area contributed by atoms with Crippen LogP contribution in [0.15, 0.2) is 47.7 Å². The van der Waals surface area contributed by atoms with E-state index in [0.717, 1.165) is 16.5 Å². The number of amides is 1. The van der Waals surface area contributed by atoms with Crippen LogP contribution in [-0.2, 0) is 4.79 Å². The zero-order chi connectivity index (χ0) is 17.8. The number of hydrazone groups is 1. The van der Waals surface area contributed by atoms with Crippen LogP contribution in [0.1, 0.15) is 5.56 Å². The second-order valence-electron chi connectivity index (χ2n) is 5.07. The van der Waals surface area contributed by atoms with Crippen LogP contribution in [0.4, 0.5) is 0 Å². The molecule has 0 saturated carbocycles. The number of para-hydroxylation sites is 1. The Kier molecular flexibility index (Phi) is 5.48. The fraction of sp³-hybridized carbons (Fsp3) is 0.0588. The van der Waals surface area contributed by atoms with Crippen LogP contribution in [0.25, 0.3) is 10.9 Å². The lowest BCUT2D eigenvalue weighted by Crippen LogP contribution is -2.24. The molecule has 0 atom stereocenters. The summed E-state index contributed by atoms with van der Waals surface area (Å²) in [6.07, 6.45) is 3.37. The number of halogens is 3. The summed E-state index contributed by atoms with van der Waals surface area (Å²) in [6.45, 7) is -0.261. The maximum atomic E-state index is 11.8. The molecule has 0 radical (unpaired) electrons. The lowest BCUT2D eigenvalue weighted by Gasteiger charge is -2.08. The molecular weight excluding hydrogens is 385 g/mol. The highest BCUT2D eigenvalue weighted by atomic mass is 35.5. The number of rotatable bonds is 5. The minimum absolute atomic E-state index is 0.261. The zero-order valence-corrected chi connectivity index (χ0v) is 15.0. The van der Waals surface area contributed by atoms with E-state index < -0.39 is 5.91 Å². The van der Waals surface area contributed by atoms with Crippen molar-refractivity contribution >= 4 is 57.8 Å². The molecule has 8 heteroatoms. The molecule has 3 aromatic rings. The molecule has 0 bridgehead atoms. The highest BCUT2D eigenvalue weighted by Gasteiger charge is 2.09. The molecule has 1 amide bonds. The Balaban J connectivity index is 1.57. The molecule has 0 spiro atoms. The van der Waals surface area contributed by atoms with Crippen molar-refractivity contribution in [3.8, 4) is 5.75 Å². The van der Waals surface area contributed by atoms with E-state index in [0.29, 0.717) is 10.0 Å². The number of carbonyl (C=O) groups excluding carboxylic acids is 1. The molecule has 0 aliphatic heterocycles. The van der Waals surface area contributed by atoms with Crippen LogP contribution in [0, 0.1) is 0 Å². The van der Waals surface area contributed by atoms with Gasteiger partial charge in [0, 0.05) is 28.7 Å². The molecule has 1 aromatic heterocycles. The van der Waals surface area contributed by atoms with Crippen molar-refractivity contribution < 1.29 is 9.53 Å². The second-order valence-corrected chi connectivity index (χ2v) is 6.29. The molecule has 0 fully saturated rings. The largest absolute Gasteiger partial charge is 0.482 e. The fourth-order valence-corrected chi connectivity index (χ4v) is 2.76. The minimum atomic E-state index is -0.432. The van der Waals surface area contributed by atoms with Gasteiger partial charge < -0.3 is 9.72 Å². The Morgan fingerprint density at radius 1 is 1.16 bits per heavy atom. The molecule has 0 unspecified atom stereocenters. The first-order chi connectivity index (χ1) is 12.0. The number of fused-ring (bicyclic) bond motifs is 1. The average Bonchev–Trinajstić information content (AvgIpc) is 3.00. The average molecular weight is 397 g/mol. The van der Waals surface area contributed by atoms with Gasteiger partial charge in [-0.1, -0.05) is 53.0 Å². The minimum Gasteiger partial charge on any atom is -0.482 e. The van der Waals surface area contributed by atoms with Gasteiger partial charge in [0.1, 0.15) is 5.75 Å². The van der Waals surface area contributed by atoms with Gasteiger partial charge in [-0.2, -0.15) is 5.10 Å². The van der Waals surface area contributed by atoms with E-state index in [1.165, 1.54) is 12.1 Å². The highest BCUT2D eigenvalue weighted by Crippen LogP contribution is 2.33. The van der Waals surface area contributed by atoms with Gasteiger partial charge >= 0.3 is 0 Å². The summed E-state index contributed by atoms with van der Waals surface area (Å²) in [4.78, 5) is 14.9. The van der Waals surface area contributed by atoms with E-state index in [-0.39, 0.29) is 17.4 Å². The summed E-state index contributed by atoms with van der Waals surface area (Å²) in [5.74, 6) is -0.162. The van der Waals surface area contributed by atoms with Gasteiger partial charge in [0.15, 0.2) is 6.61 Å². The van der Waals surface area contributed by atoms with Crippen molar-refractivity contribution in [3.05, 3.63) is 63.2 Å². The number of nitrogens with one attached hydrogen (secondary N) is 2. The van der Waals surface area contributed by atoms with Crippen molar-refractivity contribution in [2.75, 3.05) is 6.61 Å². The predicted octanol–water partition coefficient (Wildman–Crippen LogP) is 4.66. The summed E-state index contributed by atoms with van der Waals surface area (Å²) < 4.78 is 5.33. The van der Waals surface area contributed by atoms with Crippen molar-refractivity contribution in [2.45, 2.75) is 0 Å². The molecule has 2 N–H and O–H groups in total. The Morgan fingerprint density at radius 2 is 1.92 bits per heavy atom. The SMILES string of the molecule is O=C(COc1cc(Cl)c(Cl)cc1Cl)N/N=C/c1c[nH]c2ccccc12.